The van der Waals surface area contributed by atoms with Gasteiger partial charge in [0.2, 0.25) is 0 Å². The van der Waals surface area contributed by atoms with Gasteiger partial charge in [-0.2, -0.15) is 0 Å². The van der Waals surface area contributed by atoms with Crippen LogP contribution in [0, 0.1) is 19.8 Å². The predicted octanol–water partition coefficient (Wildman–Crippen LogP) is 3.47. The van der Waals surface area contributed by atoms with Gasteiger partial charge in [0.05, 0.1) is 18.2 Å². The molecule has 0 saturated heterocycles. The Morgan fingerprint density at radius 1 is 1.22 bits per heavy atom. The van der Waals surface area contributed by atoms with Gasteiger partial charge < -0.3 is 10.1 Å². The maximum absolute atomic E-state index is 13.0. The third-order valence-corrected chi connectivity index (χ3v) is 6.37. The Labute approximate surface area is 189 Å². The first-order valence-corrected chi connectivity index (χ1v) is 11.4. The lowest BCUT2D eigenvalue weighted by Crippen LogP contribution is -2.39. The van der Waals surface area contributed by atoms with Crippen molar-refractivity contribution in [1.29, 1.82) is 0 Å². The molecule has 0 aliphatic rings. The Kier molecular flexibility index (Phi) is 7.15. The molecule has 8 heteroatoms. The number of hydrogen-bond acceptors (Lipinski definition) is 6. The molecule has 1 atom stereocenters. The number of hydrogen-bond donors (Lipinski definition) is 2. The minimum atomic E-state index is -0.244. The normalized spacial score (nSPS) is 13.4. The van der Waals surface area contributed by atoms with Crippen LogP contribution in [0.3, 0.4) is 0 Å². The zero-order chi connectivity index (χ0) is 23.6. The van der Waals surface area contributed by atoms with Crippen molar-refractivity contribution in [2.24, 2.45) is 5.92 Å². The van der Waals surface area contributed by atoms with E-state index in [1.807, 2.05) is 23.7 Å². The van der Waals surface area contributed by atoms with Gasteiger partial charge in [-0.25, -0.2) is 4.68 Å². The highest BCUT2D eigenvalue weighted by molar-refractivity contribution is 5.83. The van der Waals surface area contributed by atoms with E-state index in [4.69, 9.17) is 0 Å². The van der Waals surface area contributed by atoms with Crippen LogP contribution in [-0.2, 0) is 12.1 Å². The number of H-pyrrole nitrogens is 1. The Balaban J connectivity index is 2.07. The van der Waals surface area contributed by atoms with Crippen LogP contribution in [0.4, 0.5) is 0 Å². The molecule has 2 N–H and O–H groups in total. The monoisotopic (exact) mass is 440 g/mol. The molecule has 0 radical (unpaired) electrons. The zero-order valence-electron chi connectivity index (χ0n) is 20.3. The minimum absolute atomic E-state index is 0.0222. The van der Waals surface area contributed by atoms with Crippen molar-refractivity contribution < 1.29 is 5.11 Å². The number of nitrogens with zero attached hydrogens (tertiary/aromatic N) is 5. The molecule has 0 unspecified atom stereocenters. The van der Waals surface area contributed by atoms with Gasteiger partial charge in [-0.05, 0) is 73.7 Å². The van der Waals surface area contributed by atoms with E-state index in [-0.39, 0.29) is 29.7 Å². The Morgan fingerprint density at radius 3 is 2.56 bits per heavy atom. The summed E-state index contributed by atoms with van der Waals surface area (Å²) in [7, 11) is 0. The summed E-state index contributed by atoms with van der Waals surface area (Å²) in [5, 5.41) is 23.5. The first-order valence-electron chi connectivity index (χ1n) is 11.4. The van der Waals surface area contributed by atoms with Crippen molar-refractivity contribution in [2.45, 2.75) is 73.0 Å². The predicted molar refractivity (Wildman–Crippen MR) is 127 cm³/mol. The number of nitrogens with one attached hydrogen (secondary N) is 1. The Hall–Kier alpha value is -2.58. The smallest absolute Gasteiger partial charge is 0.252 e. The molecule has 0 aliphatic heterocycles. The highest BCUT2D eigenvalue weighted by Crippen LogP contribution is 2.31. The van der Waals surface area contributed by atoms with Gasteiger partial charge in [-0.1, -0.05) is 26.8 Å². The molecule has 2 aromatic heterocycles. The molecule has 3 aromatic rings. The van der Waals surface area contributed by atoms with Crippen LogP contribution in [0.2, 0.25) is 0 Å². The zero-order valence-corrected chi connectivity index (χ0v) is 20.3. The molecule has 0 fully saturated rings. The second-order valence-corrected chi connectivity index (χ2v) is 9.66. The number of aliphatic hydroxyl groups excluding tert-OH is 1. The molecule has 0 spiro atoms. The molecule has 1 aromatic carbocycles. The summed E-state index contributed by atoms with van der Waals surface area (Å²) in [6, 6.07) is 5.94. The molecule has 2 heterocycles. The number of aromatic nitrogens is 5. The van der Waals surface area contributed by atoms with E-state index in [1.165, 1.54) is 0 Å². The fourth-order valence-electron chi connectivity index (χ4n) is 4.34. The summed E-state index contributed by atoms with van der Waals surface area (Å²) in [5.41, 5.74) is 3.40. The van der Waals surface area contributed by atoms with E-state index in [0.29, 0.717) is 18.7 Å². The fraction of sp³-hybridized carbons (Fsp3) is 0.583. The van der Waals surface area contributed by atoms with Gasteiger partial charge in [-0.15, -0.1) is 5.10 Å². The largest absolute Gasteiger partial charge is 0.395 e. The molecular formula is C24H36N6O2. The maximum Gasteiger partial charge on any atom is 0.252 e. The van der Waals surface area contributed by atoms with Crippen LogP contribution < -0.4 is 5.56 Å². The standard InChI is InChI=1S/C24H36N6O2/c1-8-24(6,7)30-22(26-27-28-30)21(15(2)3)29(9-10-31)14-18-13-19-17(5)11-16(4)12-20(19)25-23(18)32/h11-13,15,21,31H,8-10,14H2,1-7H3,(H,25,32)/t21-/m0/s1. The van der Waals surface area contributed by atoms with Gasteiger partial charge in [-0.3, -0.25) is 9.69 Å². The molecule has 3 rings (SSSR count). The molecule has 0 amide bonds. The number of rotatable bonds is 9. The molecular weight excluding hydrogens is 404 g/mol. The van der Waals surface area contributed by atoms with E-state index in [2.05, 4.69) is 73.0 Å². The second kappa shape index (κ2) is 9.50. The van der Waals surface area contributed by atoms with E-state index >= 15 is 0 Å². The van der Waals surface area contributed by atoms with Crippen LogP contribution in [0.25, 0.3) is 10.9 Å². The van der Waals surface area contributed by atoms with Crippen molar-refractivity contribution >= 4 is 10.9 Å². The van der Waals surface area contributed by atoms with Crippen LogP contribution in [0.5, 0.6) is 0 Å². The van der Waals surface area contributed by atoms with Crippen molar-refractivity contribution in [1.82, 2.24) is 30.1 Å². The Bertz CT molecular complexity index is 1130. The number of benzene rings is 1. The second-order valence-electron chi connectivity index (χ2n) is 9.66. The molecule has 0 aliphatic carbocycles. The van der Waals surface area contributed by atoms with Gasteiger partial charge in [0.1, 0.15) is 0 Å². The van der Waals surface area contributed by atoms with Crippen molar-refractivity contribution in [3.63, 3.8) is 0 Å². The number of pyridine rings is 1. The lowest BCUT2D eigenvalue weighted by atomic mass is 9.97. The van der Waals surface area contributed by atoms with Gasteiger partial charge >= 0.3 is 0 Å². The average Bonchev–Trinajstić information content (AvgIpc) is 3.19. The average molecular weight is 441 g/mol. The first-order chi connectivity index (χ1) is 15.1. The summed E-state index contributed by atoms with van der Waals surface area (Å²) in [4.78, 5) is 18.1. The van der Waals surface area contributed by atoms with Crippen molar-refractivity contribution in [2.75, 3.05) is 13.2 Å². The minimum Gasteiger partial charge on any atom is -0.395 e. The third kappa shape index (κ3) is 4.76. The van der Waals surface area contributed by atoms with Gasteiger partial charge in [0, 0.05) is 29.6 Å². The Morgan fingerprint density at radius 2 is 1.94 bits per heavy atom. The van der Waals surface area contributed by atoms with Crippen LogP contribution in [0.1, 0.15) is 69.6 Å². The number of tetrazole rings is 1. The summed E-state index contributed by atoms with van der Waals surface area (Å²) in [5.74, 6) is 0.923. The quantitative estimate of drug-likeness (QED) is 0.528. The first kappa shape index (κ1) is 24.1. The number of fused-ring (bicyclic) bond motifs is 1. The molecule has 32 heavy (non-hydrogen) atoms. The molecule has 0 saturated carbocycles. The maximum atomic E-state index is 13.0. The van der Waals surface area contributed by atoms with E-state index in [0.717, 1.165) is 34.3 Å². The van der Waals surface area contributed by atoms with Gasteiger partial charge in [0.25, 0.3) is 5.56 Å². The van der Waals surface area contributed by atoms with E-state index in [1.54, 1.807) is 0 Å². The SMILES string of the molecule is CCC(C)(C)n1nnnc1[C@H](C(C)C)N(CCO)Cc1cc2c(C)cc(C)cc2[nH]c1=O. The van der Waals surface area contributed by atoms with Crippen molar-refractivity contribution in [3.8, 4) is 0 Å². The summed E-state index contributed by atoms with van der Waals surface area (Å²) in [6.07, 6.45) is 0.874. The third-order valence-electron chi connectivity index (χ3n) is 6.37. The van der Waals surface area contributed by atoms with E-state index < -0.39 is 0 Å². The highest BCUT2D eigenvalue weighted by atomic mass is 16.3. The van der Waals surface area contributed by atoms with E-state index in [9.17, 15) is 9.90 Å². The summed E-state index contributed by atoms with van der Waals surface area (Å²) >= 11 is 0. The topological polar surface area (TPSA) is 99.9 Å². The number of aryl methyl sites for hydroxylation is 2. The molecule has 174 valence electrons. The lowest BCUT2D eigenvalue weighted by Gasteiger charge is -2.35. The van der Waals surface area contributed by atoms with Gasteiger partial charge in [0.15, 0.2) is 5.82 Å². The van der Waals surface area contributed by atoms with Crippen LogP contribution in [0.15, 0.2) is 23.0 Å². The number of aromatic amines is 1. The summed E-state index contributed by atoms with van der Waals surface area (Å²) in [6.45, 7) is 15.4. The van der Waals surface area contributed by atoms with Crippen LogP contribution in [-0.4, -0.2) is 48.3 Å². The molecule has 8 nitrogen and oxygen atoms in total. The number of aliphatic hydroxyl groups is 1. The van der Waals surface area contributed by atoms with Crippen LogP contribution >= 0.6 is 0 Å². The molecule has 0 bridgehead atoms. The fourth-order valence-corrected chi connectivity index (χ4v) is 4.34. The lowest BCUT2D eigenvalue weighted by molar-refractivity contribution is 0.0999. The van der Waals surface area contributed by atoms with Crippen molar-refractivity contribution in [3.05, 3.63) is 51.1 Å². The summed E-state index contributed by atoms with van der Waals surface area (Å²) < 4.78 is 1.89. The highest BCUT2D eigenvalue weighted by Gasteiger charge is 2.33.